The highest BCUT2D eigenvalue weighted by Gasteiger charge is 2.34. The van der Waals surface area contributed by atoms with Gasteiger partial charge in [-0.15, -0.1) is 0 Å². The Labute approximate surface area is 113 Å². The number of aryl methyl sites for hydroxylation is 1. The fraction of sp³-hybridized carbons (Fsp3) is 0.143. The topological polar surface area (TPSA) is 22.2 Å². The Balaban J connectivity index is 2.61. The molecule has 0 fully saturated rings. The van der Waals surface area contributed by atoms with Crippen molar-refractivity contribution in [3.05, 3.63) is 53.6 Å². The van der Waals surface area contributed by atoms with Crippen LogP contribution in [-0.2, 0) is 13.2 Å². The molecule has 0 spiro atoms. The van der Waals surface area contributed by atoms with Crippen LogP contribution >= 0.6 is 0 Å². The van der Waals surface area contributed by atoms with E-state index in [1.54, 1.807) is 12.1 Å². The van der Waals surface area contributed by atoms with Crippen LogP contribution in [0.25, 0.3) is 22.3 Å². The monoisotopic (exact) mass is 277 g/mol. The maximum atomic E-state index is 12.7. The molecule has 102 valence electrons. The van der Waals surface area contributed by atoms with Crippen LogP contribution in [0.15, 0.2) is 31.0 Å². The summed E-state index contributed by atoms with van der Waals surface area (Å²) in [5.41, 5.74) is 0.527. The summed E-state index contributed by atoms with van der Waals surface area (Å²) in [6, 6.07) is 4.68. The van der Waals surface area contributed by atoms with Crippen molar-refractivity contribution in [2.24, 2.45) is 7.05 Å². The molecule has 0 aliphatic carbocycles. The van der Waals surface area contributed by atoms with Gasteiger partial charge in [0.2, 0.25) is 0 Å². The zero-order valence-electron chi connectivity index (χ0n) is 10.6. The molecule has 2 aromatic rings. The molecule has 0 unspecified atom stereocenters. The molecule has 1 aromatic carbocycles. The molecule has 0 bridgehead atoms. The van der Waals surface area contributed by atoms with E-state index in [0.717, 1.165) is 6.20 Å². The summed E-state index contributed by atoms with van der Waals surface area (Å²) in [6.07, 6.45) is -2.06. The molecule has 0 atom stereocenters. The van der Waals surface area contributed by atoms with Crippen molar-refractivity contribution in [2.45, 2.75) is 6.18 Å². The van der Waals surface area contributed by atoms with Gasteiger partial charge in [-0.05, 0) is 11.6 Å². The van der Waals surface area contributed by atoms with Gasteiger partial charge in [0, 0.05) is 18.8 Å². The number of aromatic nitrogens is 2. The summed E-state index contributed by atoms with van der Waals surface area (Å²) >= 11 is 0. The first kappa shape index (κ1) is 13.9. The number of hydrogen-bond acceptors (Lipinski definition) is 1. The molecule has 1 aromatic heterocycles. The molecule has 0 saturated heterocycles. The molecule has 2 rings (SSSR count). The van der Waals surface area contributed by atoms with Crippen molar-refractivity contribution in [1.29, 1.82) is 0 Å². The van der Waals surface area contributed by atoms with Crippen LogP contribution in [0.1, 0.15) is 11.3 Å². The second kappa shape index (κ2) is 4.85. The van der Waals surface area contributed by atoms with Crippen LogP contribution in [-0.4, -0.2) is 9.55 Å². The Hall–Kier alpha value is -2.55. The van der Waals surface area contributed by atoms with E-state index in [4.69, 9.17) is 6.57 Å². The second-order valence-electron chi connectivity index (χ2n) is 4.15. The largest absolute Gasteiger partial charge is 0.434 e. The van der Waals surface area contributed by atoms with E-state index in [-0.39, 0.29) is 5.82 Å². The highest BCUT2D eigenvalue weighted by atomic mass is 19.4. The number of nitrogens with zero attached hydrogens (tertiary/aromatic N) is 3. The Morgan fingerprint density at radius 1 is 1.40 bits per heavy atom. The highest BCUT2D eigenvalue weighted by molar-refractivity contribution is 5.74. The van der Waals surface area contributed by atoms with Gasteiger partial charge in [0.15, 0.2) is 11.4 Å². The molecule has 0 N–H and O–H groups in total. The second-order valence-corrected chi connectivity index (χ2v) is 4.15. The lowest BCUT2D eigenvalue weighted by Crippen LogP contribution is -2.04. The summed E-state index contributed by atoms with van der Waals surface area (Å²) < 4.78 is 39.3. The van der Waals surface area contributed by atoms with E-state index in [2.05, 4.69) is 16.4 Å². The predicted molar refractivity (Wildman–Crippen MR) is 70.0 cm³/mol. The van der Waals surface area contributed by atoms with Gasteiger partial charge in [0.05, 0.1) is 6.57 Å². The normalized spacial score (nSPS) is 11.2. The minimum atomic E-state index is -4.49. The summed E-state index contributed by atoms with van der Waals surface area (Å²) in [5.74, 6) is 0.184. The van der Waals surface area contributed by atoms with Crippen molar-refractivity contribution >= 4 is 11.8 Å². The van der Waals surface area contributed by atoms with Crippen LogP contribution in [0, 0.1) is 6.57 Å². The lowest BCUT2D eigenvalue weighted by molar-refractivity contribution is -0.140. The van der Waals surface area contributed by atoms with E-state index >= 15 is 0 Å². The van der Waals surface area contributed by atoms with Gasteiger partial charge in [0.1, 0.15) is 5.82 Å². The average Bonchev–Trinajstić information content (AvgIpc) is 2.80. The Morgan fingerprint density at radius 2 is 2.10 bits per heavy atom. The van der Waals surface area contributed by atoms with Crippen molar-refractivity contribution in [1.82, 2.24) is 9.55 Å². The van der Waals surface area contributed by atoms with Gasteiger partial charge in [-0.2, -0.15) is 13.2 Å². The predicted octanol–water partition coefficient (Wildman–Crippen LogP) is 4.30. The van der Waals surface area contributed by atoms with Gasteiger partial charge in [0.25, 0.3) is 0 Å². The summed E-state index contributed by atoms with van der Waals surface area (Å²) in [7, 11) is 1.49. The maximum Gasteiger partial charge on any atom is 0.434 e. The highest BCUT2D eigenvalue weighted by Crippen LogP contribution is 2.32. The van der Waals surface area contributed by atoms with Gasteiger partial charge < -0.3 is 4.57 Å². The molecule has 1 heterocycles. The van der Waals surface area contributed by atoms with Crippen molar-refractivity contribution in [2.75, 3.05) is 0 Å². The van der Waals surface area contributed by atoms with E-state index in [1.807, 2.05) is 0 Å². The summed E-state index contributed by atoms with van der Waals surface area (Å²) in [5, 5.41) is 0. The summed E-state index contributed by atoms with van der Waals surface area (Å²) in [4.78, 5) is 6.90. The molecule has 6 heteroatoms. The number of alkyl halides is 3. The first-order valence-electron chi connectivity index (χ1n) is 5.61. The van der Waals surface area contributed by atoms with Crippen LogP contribution < -0.4 is 0 Å². The molecule has 20 heavy (non-hydrogen) atoms. The van der Waals surface area contributed by atoms with Gasteiger partial charge >= 0.3 is 6.18 Å². The fourth-order valence-corrected chi connectivity index (χ4v) is 1.85. The molecular weight excluding hydrogens is 267 g/mol. The maximum absolute atomic E-state index is 12.7. The van der Waals surface area contributed by atoms with Crippen LogP contribution in [0.5, 0.6) is 0 Å². The number of benzene rings is 1. The molecule has 0 amide bonds. The molecule has 0 saturated carbocycles. The van der Waals surface area contributed by atoms with Gasteiger partial charge in [-0.1, -0.05) is 24.8 Å². The van der Waals surface area contributed by atoms with E-state index in [1.165, 1.54) is 23.8 Å². The third-order valence-electron chi connectivity index (χ3n) is 2.79. The van der Waals surface area contributed by atoms with Crippen molar-refractivity contribution in [3.63, 3.8) is 0 Å². The third kappa shape index (κ3) is 2.43. The van der Waals surface area contributed by atoms with Crippen LogP contribution in [0.2, 0.25) is 0 Å². The van der Waals surface area contributed by atoms with Crippen LogP contribution in [0.3, 0.4) is 0 Å². The fourth-order valence-electron chi connectivity index (χ4n) is 1.85. The zero-order valence-corrected chi connectivity index (χ0v) is 10.6. The number of rotatable bonds is 2. The number of halogens is 3. The first-order valence-corrected chi connectivity index (χ1v) is 5.61. The molecule has 0 aliphatic rings. The van der Waals surface area contributed by atoms with E-state index in [9.17, 15) is 13.2 Å². The van der Waals surface area contributed by atoms with Crippen molar-refractivity contribution in [3.8, 4) is 11.4 Å². The zero-order chi connectivity index (χ0) is 14.9. The number of imidazole rings is 1. The number of hydrogen-bond donors (Lipinski definition) is 0. The van der Waals surface area contributed by atoms with E-state index in [0.29, 0.717) is 16.8 Å². The quantitative estimate of drug-likeness (QED) is 0.750. The third-order valence-corrected chi connectivity index (χ3v) is 2.79. The molecular formula is C14H10F3N3. The van der Waals surface area contributed by atoms with Gasteiger partial charge in [-0.25, -0.2) is 9.83 Å². The Kier molecular flexibility index (Phi) is 3.36. The summed E-state index contributed by atoms with van der Waals surface area (Å²) in [6.45, 7) is 10.6. The minimum absolute atomic E-state index is 0.184. The lowest BCUT2D eigenvalue weighted by atomic mass is 10.1. The SMILES string of the molecule is [C-]#[N+]c1ccc(-c2nc(C(F)(F)F)cn2C)c(C=C)c1. The minimum Gasteiger partial charge on any atom is -0.333 e. The molecule has 0 radical (unpaired) electrons. The average molecular weight is 277 g/mol. The first-order chi connectivity index (χ1) is 9.36. The van der Waals surface area contributed by atoms with Crippen LogP contribution in [0.4, 0.5) is 18.9 Å². The van der Waals surface area contributed by atoms with E-state index < -0.39 is 11.9 Å². The van der Waals surface area contributed by atoms with Crippen molar-refractivity contribution < 1.29 is 13.2 Å². The molecule has 3 nitrogen and oxygen atoms in total. The lowest BCUT2D eigenvalue weighted by Gasteiger charge is -2.06. The smallest absolute Gasteiger partial charge is 0.333 e. The standard InChI is InChI=1S/C14H10F3N3/c1-4-9-7-10(18-2)5-6-11(9)13-19-12(8-20(13)3)14(15,16)17/h4-8H,1H2,3H3. The Morgan fingerprint density at radius 3 is 2.60 bits per heavy atom. The van der Waals surface area contributed by atoms with Gasteiger partial charge in [-0.3, -0.25) is 0 Å². The molecule has 0 aliphatic heterocycles. The Bertz CT molecular complexity index is 705.